The number of nitrogens with two attached hydrogens (primary N) is 1. The van der Waals surface area contributed by atoms with E-state index in [0.717, 1.165) is 24.0 Å². The van der Waals surface area contributed by atoms with Crippen LogP contribution in [0.3, 0.4) is 0 Å². The van der Waals surface area contributed by atoms with E-state index in [1.807, 2.05) is 0 Å². The van der Waals surface area contributed by atoms with Crippen LogP contribution in [0.25, 0.3) is 0 Å². The fraction of sp³-hybridized carbons (Fsp3) is 0.636. The molecule has 0 aliphatic carbocycles. The molecule has 5 heteroatoms. The Morgan fingerprint density at radius 3 is 3.06 bits per heavy atom. The molecule has 0 bridgehead atoms. The minimum atomic E-state index is 0.375. The van der Waals surface area contributed by atoms with Crippen molar-refractivity contribution in [2.24, 2.45) is 5.92 Å². The van der Waals surface area contributed by atoms with Crippen LogP contribution >= 0.6 is 11.5 Å². The SMILES string of the molecule is CC1CCCN(c2snc(N)c2C#N)CC1. The zero-order valence-electron chi connectivity index (χ0n) is 9.44. The average Bonchev–Trinajstić information content (AvgIpc) is 2.50. The standard InChI is InChI=1S/C11H16N4S/c1-8-3-2-5-15(6-4-8)11-9(7-12)10(13)14-16-11/h8H,2-6H2,1H3,(H2,13,14). The van der Waals surface area contributed by atoms with Gasteiger partial charge >= 0.3 is 0 Å². The van der Waals surface area contributed by atoms with Crippen molar-refractivity contribution in [1.82, 2.24) is 4.37 Å². The lowest BCUT2D eigenvalue weighted by Gasteiger charge is -2.20. The third-order valence-corrected chi connectivity index (χ3v) is 4.04. The van der Waals surface area contributed by atoms with Crippen molar-refractivity contribution in [3.05, 3.63) is 5.56 Å². The van der Waals surface area contributed by atoms with Crippen molar-refractivity contribution in [2.45, 2.75) is 26.2 Å². The van der Waals surface area contributed by atoms with Gasteiger partial charge in [0, 0.05) is 13.1 Å². The molecule has 0 saturated carbocycles. The molecule has 4 nitrogen and oxygen atoms in total. The van der Waals surface area contributed by atoms with Gasteiger partial charge in [-0.15, -0.1) is 0 Å². The Morgan fingerprint density at radius 1 is 1.50 bits per heavy atom. The molecule has 1 atom stereocenters. The minimum Gasteiger partial charge on any atom is -0.382 e. The third-order valence-electron chi connectivity index (χ3n) is 3.12. The van der Waals surface area contributed by atoms with Gasteiger partial charge in [-0.1, -0.05) is 6.92 Å². The molecule has 1 saturated heterocycles. The van der Waals surface area contributed by atoms with Crippen LogP contribution in [0.5, 0.6) is 0 Å². The van der Waals surface area contributed by atoms with E-state index < -0.39 is 0 Å². The van der Waals surface area contributed by atoms with E-state index in [2.05, 4.69) is 22.3 Å². The molecule has 1 aliphatic heterocycles. The molecular formula is C11H16N4S. The zero-order chi connectivity index (χ0) is 11.5. The minimum absolute atomic E-state index is 0.375. The first-order chi connectivity index (χ1) is 7.72. The van der Waals surface area contributed by atoms with E-state index in [9.17, 15) is 0 Å². The number of rotatable bonds is 1. The molecule has 0 amide bonds. The molecule has 16 heavy (non-hydrogen) atoms. The summed E-state index contributed by atoms with van der Waals surface area (Å²) < 4.78 is 4.07. The summed E-state index contributed by atoms with van der Waals surface area (Å²) >= 11 is 1.35. The highest BCUT2D eigenvalue weighted by atomic mass is 32.1. The number of nitrogens with zero attached hydrogens (tertiary/aromatic N) is 3. The van der Waals surface area contributed by atoms with Crippen LogP contribution in [-0.2, 0) is 0 Å². The smallest absolute Gasteiger partial charge is 0.157 e. The maximum atomic E-state index is 9.05. The average molecular weight is 236 g/mol. The summed E-state index contributed by atoms with van der Waals surface area (Å²) in [4.78, 5) is 2.26. The van der Waals surface area contributed by atoms with E-state index in [1.54, 1.807) is 0 Å². The Hall–Kier alpha value is -1.28. The lowest BCUT2D eigenvalue weighted by atomic mass is 10.0. The van der Waals surface area contributed by atoms with Crippen molar-refractivity contribution < 1.29 is 0 Å². The van der Waals surface area contributed by atoms with Crippen molar-refractivity contribution >= 4 is 22.4 Å². The Bertz CT molecular complexity index is 407. The van der Waals surface area contributed by atoms with Gasteiger partial charge in [0.2, 0.25) is 0 Å². The molecular weight excluding hydrogens is 220 g/mol. The summed E-state index contributed by atoms with van der Waals surface area (Å²) in [5, 5.41) is 10.0. The first-order valence-corrected chi connectivity index (χ1v) is 6.40. The Labute approximate surface area is 99.8 Å². The molecule has 1 aromatic rings. The van der Waals surface area contributed by atoms with Crippen LogP contribution in [0, 0.1) is 17.2 Å². The largest absolute Gasteiger partial charge is 0.382 e. The molecule has 2 heterocycles. The summed E-state index contributed by atoms with van der Waals surface area (Å²) in [5.74, 6) is 1.15. The normalized spacial score (nSPS) is 21.5. The van der Waals surface area contributed by atoms with Gasteiger partial charge in [0.1, 0.15) is 16.6 Å². The predicted octanol–water partition coefficient (Wildman–Crippen LogP) is 2.22. The second-order valence-corrected chi connectivity index (χ2v) is 5.13. The van der Waals surface area contributed by atoms with Crippen LogP contribution in [0.1, 0.15) is 31.7 Å². The predicted molar refractivity (Wildman–Crippen MR) is 66.5 cm³/mol. The van der Waals surface area contributed by atoms with Crippen molar-refractivity contribution in [3.63, 3.8) is 0 Å². The molecule has 2 rings (SSSR count). The molecule has 86 valence electrons. The quantitative estimate of drug-likeness (QED) is 0.812. The molecule has 0 spiro atoms. The van der Waals surface area contributed by atoms with E-state index in [1.165, 1.54) is 30.8 Å². The fourth-order valence-electron chi connectivity index (χ4n) is 2.08. The van der Waals surface area contributed by atoms with Crippen molar-refractivity contribution in [1.29, 1.82) is 5.26 Å². The highest BCUT2D eigenvalue weighted by Gasteiger charge is 2.20. The number of nitriles is 1. The van der Waals surface area contributed by atoms with E-state index in [0.29, 0.717) is 11.4 Å². The molecule has 2 N–H and O–H groups in total. The van der Waals surface area contributed by atoms with Gasteiger partial charge in [0.15, 0.2) is 5.82 Å². The monoisotopic (exact) mass is 236 g/mol. The number of anilines is 2. The number of hydrogen-bond donors (Lipinski definition) is 1. The maximum absolute atomic E-state index is 9.05. The van der Waals surface area contributed by atoms with Gasteiger partial charge in [0.25, 0.3) is 0 Å². The number of nitrogen functional groups attached to an aromatic ring is 1. The molecule has 1 aromatic heterocycles. The summed E-state index contributed by atoms with van der Waals surface area (Å²) in [6.07, 6.45) is 3.64. The zero-order valence-corrected chi connectivity index (χ0v) is 10.3. The second kappa shape index (κ2) is 4.71. The molecule has 1 unspecified atom stereocenters. The highest BCUT2D eigenvalue weighted by molar-refractivity contribution is 7.10. The fourth-order valence-corrected chi connectivity index (χ4v) is 2.90. The van der Waals surface area contributed by atoms with Crippen LogP contribution in [0.15, 0.2) is 0 Å². The lowest BCUT2D eigenvalue weighted by Crippen LogP contribution is -2.23. The van der Waals surface area contributed by atoms with E-state index >= 15 is 0 Å². The van der Waals surface area contributed by atoms with E-state index in [4.69, 9.17) is 11.0 Å². The van der Waals surface area contributed by atoms with E-state index in [-0.39, 0.29) is 0 Å². The third kappa shape index (κ3) is 2.12. The first kappa shape index (κ1) is 11.2. The number of aromatic nitrogens is 1. The molecule has 1 fully saturated rings. The van der Waals surface area contributed by atoms with Crippen molar-refractivity contribution in [3.8, 4) is 6.07 Å². The maximum Gasteiger partial charge on any atom is 0.157 e. The van der Waals surface area contributed by atoms with Gasteiger partial charge in [0.05, 0.1) is 0 Å². The summed E-state index contributed by atoms with van der Waals surface area (Å²) in [6, 6.07) is 2.15. The summed E-state index contributed by atoms with van der Waals surface area (Å²) in [6.45, 7) is 4.31. The Balaban J connectivity index is 2.20. The van der Waals surface area contributed by atoms with Gasteiger partial charge < -0.3 is 10.6 Å². The Morgan fingerprint density at radius 2 is 2.31 bits per heavy atom. The van der Waals surface area contributed by atoms with Gasteiger partial charge in [-0.2, -0.15) is 9.64 Å². The summed E-state index contributed by atoms with van der Waals surface area (Å²) in [5.41, 5.74) is 6.23. The second-order valence-electron chi connectivity index (χ2n) is 4.38. The van der Waals surface area contributed by atoms with Crippen LogP contribution in [0.2, 0.25) is 0 Å². The first-order valence-electron chi connectivity index (χ1n) is 5.62. The van der Waals surface area contributed by atoms with Gasteiger partial charge in [-0.05, 0) is 36.7 Å². The van der Waals surface area contributed by atoms with Gasteiger partial charge in [-0.3, -0.25) is 0 Å². The number of hydrogen-bond acceptors (Lipinski definition) is 5. The highest BCUT2D eigenvalue weighted by Crippen LogP contribution is 2.32. The summed E-state index contributed by atoms with van der Waals surface area (Å²) in [7, 11) is 0. The lowest BCUT2D eigenvalue weighted by molar-refractivity contribution is 0.521. The molecule has 1 aliphatic rings. The van der Waals surface area contributed by atoms with Crippen LogP contribution < -0.4 is 10.6 Å². The van der Waals surface area contributed by atoms with Crippen LogP contribution in [0.4, 0.5) is 10.8 Å². The van der Waals surface area contributed by atoms with Gasteiger partial charge in [-0.25, -0.2) is 0 Å². The topological polar surface area (TPSA) is 65.9 Å². The molecule has 0 radical (unpaired) electrons. The van der Waals surface area contributed by atoms with Crippen molar-refractivity contribution in [2.75, 3.05) is 23.7 Å². The molecule has 0 aromatic carbocycles. The van der Waals surface area contributed by atoms with Crippen LogP contribution in [-0.4, -0.2) is 17.5 Å². The Kier molecular flexibility index (Phi) is 3.30.